The second-order valence-corrected chi connectivity index (χ2v) is 6.47. The zero-order valence-electron chi connectivity index (χ0n) is 9.16. The third kappa shape index (κ3) is 4.30. The summed E-state index contributed by atoms with van der Waals surface area (Å²) in [5.74, 6) is 0.655. The predicted octanol–water partition coefficient (Wildman–Crippen LogP) is 0.380. The van der Waals surface area contributed by atoms with Crippen molar-refractivity contribution >= 4 is 15.6 Å². The van der Waals surface area contributed by atoms with Crippen LogP contribution in [0.15, 0.2) is 0 Å². The van der Waals surface area contributed by atoms with Crippen LogP contribution < -0.4 is 5.32 Å². The largest absolute Gasteiger partial charge is 0.316 e. The first-order valence-corrected chi connectivity index (χ1v) is 7.31. The molecule has 1 unspecified atom stereocenters. The normalized spacial score (nSPS) is 21.8. The van der Waals surface area contributed by atoms with E-state index < -0.39 is 9.84 Å². The van der Waals surface area contributed by atoms with Crippen molar-refractivity contribution in [2.45, 2.75) is 26.2 Å². The molecule has 15 heavy (non-hydrogen) atoms. The van der Waals surface area contributed by atoms with E-state index in [2.05, 4.69) is 5.32 Å². The van der Waals surface area contributed by atoms with E-state index >= 15 is 0 Å². The molecule has 1 heterocycles. The van der Waals surface area contributed by atoms with Crippen LogP contribution >= 0.6 is 0 Å². The molecule has 0 aromatic carbocycles. The van der Waals surface area contributed by atoms with Gasteiger partial charge < -0.3 is 5.32 Å². The Labute approximate surface area is 91.4 Å². The van der Waals surface area contributed by atoms with Crippen LogP contribution in [0, 0.1) is 5.92 Å². The van der Waals surface area contributed by atoms with E-state index in [0.717, 1.165) is 19.5 Å². The molecule has 0 aliphatic carbocycles. The van der Waals surface area contributed by atoms with E-state index in [-0.39, 0.29) is 23.2 Å². The van der Waals surface area contributed by atoms with Gasteiger partial charge in [0.2, 0.25) is 0 Å². The van der Waals surface area contributed by atoms with Crippen LogP contribution in [0.3, 0.4) is 0 Å². The topological polar surface area (TPSA) is 63.2 Å². The van der Waals surface area contributed by atoms with Gasteiger partial charge >= 0.3 is 0 Å². The van der Waals surface area contributed by atoms with Gasteiger partial charge in [-0.1, -0.05) is 6.92 Å². The summed E-state index contributed by atoms with van der Waals surface area (Å²) < 4.78 is 22.4. The van der Waals surface area contributed by atoms with E-state index in [9.17, 15) is 13.2 Å². The minimum atomic E-state index is -2.91. The molecule has 1 N–H and O–H groups in total. The molecule has 1 fully saturated rings. The van der Waals surface area contributed by atoms with Crippen molar-refractivity contribution in [3.63, 3.8) is 0 Å². The Balaban J connectivity index is 2.22. The maximum atomic E-state index is 11.6. The fraction of sp³-hybridized carbons (Fsp3) is 0.900. The van der Waals surface area contributed by atoms with E-state index in [1.807, 2.05) is 0 Å². The number of hydrogen-bond acceptors (Lipinski definition) is 4. The Kier molecular flexibility index (Phi) is 4.73. The van der Waals surface area contributed by atoms with Crippen LogP contribution in [0.1, 0.15) is 26.2 Å². The highest BCUT2D eigenvalue weighted by atomic mass is 32.2. The first-order chi connectivity index (χ1) is 7.05. The van der Waals surface area contributed by atoms with Crippen LogP contribution in [0.5, 0.6) is 0 Å². The number of carbonyl (C=O) groups is 1. The maximum absolute atomic E-state index is 11.6. The van der Waals surface area contributed by atoms with Crippen molar-refractivity contribution in [2.24, 2.45) is 5.92 Å². The number of hydrogen-bond donors (Lipinski definition) is 1. The molecule has 0 spiro atoms. The Morgan fingerprint density at radius 2 is 2.20 bits per heavy atom. The number of sulfone groups is 1. The molecule has 4 nitrogen and oxygen atoms in total. The molecule has 0 amide bonds. The number of nitrogens with one attached hydrogen (secondary N) is 1. The summed E-state index contributed by atoms with van der Waals surface area (Å²) in [5, 5.41) is 3.13. The standard InChI is InChI=1S/C10H19NO3S/c1-2-15(13,14)7-3-4-10(12)9-5-6-11-8-9/h9,11H,2-8H2,1H3. The van der Waals surface area contributed by atoms with Gasteiger partial charge in [-0.05, 0) is 19.4 Å². The third-order valence-corrected chi connectivity index (χ3v) is 4.62. The lowest BCUT2D eigenvalue weighted by Crippen LogP contribution is -2.19. The Morgan fingerprint density at radius 1 is 1.47 bits per heavy atom. The summed E-state index contributed by atoms with van der Waals surface area (Å²) in [5.41, 5.74) is 0. The highest BCUT2D eigenvalue weighted by molar-refractivity contribution is 7.91. The summed E-state index contributed by atoms with van der Waals surface area (Å²) in [4.78, 5) is 11.6. The summed E-state index contributed by atoms with van der Waals surface area (Å²) in [7, 11) is -2.91. The van der Waals surface area contributed by atoms with Gasteiger partial charge in [-0.15, -0.1) is 0 Å². The molecule has 1 saturated heterocycles. The molecule has 0 bridgehead atoms. The molecule has 5 heteroatoms. The molecule has 1 atom stereocenters. The average molecular weight is 233 g/mol. The first kappa shape index (κ1) is 12.6. The molecule has 0 aromatic rings. The molecule has 0 radical (unpaired) electrons. The summed E-state index contributed by atoms with van der Waals surface area (Å²) >= 11 is 0. The van der Waals surface area contributed by atoms with E-state index in [4.69, 9.17) is 0 Å². The minimum Gasteiger partial charge on any atom is -0.316 e. The smallest absolute Gasteiger partial charge is 0.150 e. The fourth-order valence-corrected chi connectivity index (χ4v) is 2.62. The summed E-state index contributed by atoms with van der Waals surface area (Å²) in [6, 6.07) is 0. The van der Waals surface area contributed by atoms with Crippen LogP contribution in [-0.4, -0.2) is 38.8 Å². The van der Waals surface area contributed by atoms with Crippen LogP contribution in [-0.2, 0) is 14.6 Å². The highest BCUT2D eigenvalue weighted by Crippen LogP contribution is 2.12. The zero-order chi connectivity index (χ0) is 11.3. The Morgan fingerprint density at radius 3 is 2.73 bits per heavy atom. The quantitative estimate of drug-likeness (QED) is 0.720. The van der Waals surface area contributed by atoms with E-state index in [1.165, 1.54) is 0 Å². The second kappa shape index (κ2) is 5.61. The number of Topliss-reactive ketones (excluding diaryl/α,β-unsaturated/α-hetero) is 1. The van der Waals surface area contributed by atoms with Gasteiger partial charge in [0, 0.05) is 24.6 Å². The lowest BCUT2D eigenvalue weighted by Gasteiger charge is -2.06. The Hall–Kier alpha value is -0.420. The summed E-state index contributed by atoms with van der Waals surface area (Å²) in [6.45, 7) is 3.31. The number of rotatable bonds is 6. The van der Waals surface area contributed by atoms with Gasteiger partial charge in [0.25, 0.3) is 0 Å². The van der Waals surface area contributed by atoms with Gasteiger partial charge in [0.05, 0.1) is 5.75 Å². The molecular formula is C10H19NO3S. The van der Waals surface area contributed by atoms with Gasteiger partial charge in [-0.25, -0.2) is 8.42 Å². The Bertz CT molecular complexity index is 305. The molecule has 1 aliphatic heterocycles. The average Bonchev–Trinajstić information content (AvgIpc) is 2.70. The first-order valence-electron chi connectivity index (χ1n) is 5.49. The third-order valence-electron chi connectivity index (χ3n) is 2.83. The van der Waals surface area contributed by atoms with Gasteiger partial charge in [-0.2, -0.15) is 0 Å². The minimum absolute atomic E-state index is 0.120. The monoisotopic (exact) mass is 233 g/mol. The second-order valence-electron chi connectivity index (χ2n) is 4.00. The maximum Gasteiger partial charge on any atom is 0.150 e. The van der Waals surface area contributed by atoms with Crippen molar-refractivity contribution in [2.75, 3.05) is 24.6 Å². The lowest BCUT2D eigenvalue weighted by molar-refractivity contribution is -0.122. The molecule has 1 rings (SSSR count). The molecule has 0 aromatic heterocycles. The molecule has 0 saturated carbocycles. The van der Waals surface area contributed by atoms with Crippen LogP contribution in [0.4, 0.5) is 0 Å². The number of ketones is 1. The molecule has 88 valence electrons. The van der Waals surface area contributed by atoms with Gasteiger partial charge in [0.1, 0.15) is 15.6 Å². The lowest BCUT2D eigenvalue weighted by atomic mass is 10.0. The molecular weight excluding hydrogens is 214 g/mol. The van der Waals surface area contributed by atoms with Crippen molar-refractivity contribution in [3.05, 3.63) is 0 Å². The van der Waals surface area contributed by atoms with Crippen molar-refractivity contribution in [1.82, 2.24) is 5.32 Å². The van der Waals surface area contributed by atoms with E-state index in [0.29, 0.717) is 12.8 Å². The predicted molar refractivity (Wildman–Crippen MR) is 59.5 cm³/mol. The van der Waals surface area contributed by atoms with Crippen molar-refractivity contribution < 1.29 is 13.2 Å². The van der Waals surface area contributed by atoms with Gasteiger partial charge in [0.15, 0.2) is 0 Å². The molecule has 1 aliphatic rings. The SMILES string of the molecule is CCS(=O)(=O)CCCC(=O)C1CCNC1. The fourth-order valence-electron chi connectivity index (χ4n) is 1.74. The highest BCUT2D eigenvalue weighted by Gasteiger charge is 2.22. The van der Waals surface area contributed by atoms with Crippen molar-refractivity contribution in [3.8, 4) is 0 Å². The van der Waals surface area contributed by atoms with Crippen LogP contribution in [0.2, 0.25) is 0 Å². The van der Waals surface area contributed by atoms with Crippen molar-refractivity contribution in [1.29, 1.82) is 0 Å². The van der Waals surface area contributed by atoms with Crippen LogP contribution in [0.25, 0.3) is 0 Å². The summed E-state index contributed by atoms with van der Waals surface area (Å²) in [6.07, 6.45) is 1.79. The number of carbonyl (C=O) groups excluding carboxylic acids is 1. The van der Waals surface area contributed by atoms with E-state index in [1.54, 1.807) is 6.92 Å². The zero-order valence-corrected chi connectivity index (χ0v) is 9.98. The van der Waals surface area contributed by atoms with Gasteiger partial charge in [-0.3, -0.25) is 4.79 Å².